The number of carbonyl (C=O) groups excluding carboxylic acids is 1. The first-order chi connectivity index (χ1) is 21.8. The molecule has 2 saturated heterocycles. The highest BCUT2D eigenvalue weighted by molar-refractivity contribution is 5.94. The number of nitrogens with one attached hydrogen (secondary N) is 1. The van der Waals surface area contributed by atoms with Gasteiger partial charge in [0.25, 0.3) is 5.91 Å². The summed E-state index contributed by atoms with van der Waals surface area (Å²) in [4.78, 5) is 18.0. The number of aryl methyl sites for hydroxylation is 1. The first-order valence-electron chi connectivity index (χ1n) is 16.5. The number of hydrogen-bond donors (Lipinski definition) is 1. The van der Waals surface area contributed by atoms with Crippen molar-refractivity contribution in [2.75, 3.05) is 46.4 Å². The first kappa shape index (κ1) is 31.6. The molecule has 1 aliphatic carbocycles. The van der Waals surface area contributed by atoms with Gasteiger partial charge in [0, 0.05) is 37.8 Å². The number of alkyl halides is 3. The van der Waals surface area contributed by atoms with Crippen LogP contribution in [0.15, 0.2) is 60.7 Å². The average molecular weight is 620 g/mol. The van der Waals surface area contributed by atoms with Gasteiger partial charge in [-0.1, -0.05) is 36.4 Å². The summed E-state index contributed by atoms with van der Waals surface area (Å²) in [6, 6.07) is 17.0. The Morgan fingerprint density at radius 1 is 0.800 bits per heavy atom. The van der Waals surface area contributed by atoms with Crippen LogP contribution in [0.25, 0.3) is 11.1 Å². The molecule has 6 rings (SSSR count). The van der Waals surface area contributed by atoms with Gasteiger partial charge in [-0.2, -0.15) is 13.2 Å². The number of methoxy groups -OCH3 is 1. The molecule has 2 heterocycles. The summed E-state index contributed by atoms with van der Waals surface area (Å²) < 4.78 is 44.5. The van der Waals surface area contributed by atoms with Crippen LogP contribution in [0.3, 0.4) is 0 Å². The van der Waals surface area contributed by atoms with Gasteiger partial charge in [-0.25, -0.2) is 0 Å². The van der Waals surface area contributed by atoms with Gasteiger partial charge in [0.15, 0.2) is 0 Å². The van der Waals surface area contributed by atoms with Crippen LogP contribution < -0.4 is 10.1 Å². The van der Waals surface area contributed by atoms with Crippen molar-refractivity contribution in [2.45, 2.75) is 69.5 Å². The van der Waals surface area contributed by atoms with Crippen molar-refractivity contribution in [1.82, 2.24) is 15.1 Å². The minimum atomic E-state index is -4.36. The number of ether oxygens (including phenoxy) is 1. The first-order valence-corrected chi connectivity index (χ1v) is 16.5. The van der Waals surface area contributed by atoms with E-state index < -0.39 is 11.7 Å². The summed E-state index contributed by atoms with van der Waals surface area (Å²) in [7, 11) is 1.84. The Morgan fingerprint density at radius 2 is 1.38 bits per heavy atom. The maximum absolute atomic E-state index is 12.9. The van der Waals surface area contributed by atoms with Crippen LogP contribution in [0.4, 0.5) is 13.2 Å². The molecule has 0 saturated carbocycles. The summed E-state index contributed by atoms with van der Waals surface area (Å²) in [5.41, 5.74) is 5.70. The quantitative estimate of drug-likeness (QED) is 0.287. The number of piperidine rings is 2. The topological polar surface area (TPSA) is 44.8 Å². The Balaban J connectivity index is 0.918. The number of hydrogen-bond acceptors (Lipinski definition) is 4. The van der Waals surface area contributed by atoms with Crippen LogP contribution in [0.1, 0.15) is 77.1 Å². The molecule has 0 spiro atoms. The van der Waals surface area contributed by atoms with Crippen molar-refractivity contribution < 1.29 is 22.7 Å². The van der Waals surface area contributed by atoms with E-state index in [1.165, 1.54) is 60.9 Å². The second kappa shape index (κ2) is 14.0. The van der Waals surface area contributed by atoms with E-state index in [2.05, 4.69) is 27.2 Å². The van der Waals surface area contributed by atoms with Crippen molar-refractivity contribution >= 4 is 5.91 Å². The third-order valence-corrected chi connectivity index (χ3v) is 10.1. The maximum Gasteiger partial charge on any atom is 0.416 e. The summed E-state index contributed by atoms with van der Waals surface area (Å²) in [6.45, 7) is 6.32. The van der Waals surface area contributed by atoms with E-state index in [0.717, 1.165) is 82.0 Å². The van der Waals surface area contributed by atoms with Crippen LogP contribution in [-0.4, -0.2) is 68.1 Å². The zero-order valence-electron chi connectivity index (χ0n) is 26.2. The van der Waals surface area contributed by atoms with Crippen LogP contribution in [-0.2, 0) is 19.0 Å². The number of fused-ring (bicyclic) bond motifs is 1. The summed E-state index contributed by atoms with van der Waals surface area (Å²) in [5, 5.41) is 3.18. The molecule has 240 valence electrons. The number of likely N-dealkylation sites (tertiary alicyclic amines) is 2. The summed E-state index contributed by atoms with van der Waals surface area (Å²) in [6.07, 6.45) is 4.72. The average Bonchev–Trinajstić information content (AvgIpc) is 3.07. The van der Waals surface area contributed by atoms with Crippen molar-refractivity contribution in [3.8, 4) is 16.9 Å². The molecule has 3 aromatic rings. The highest BCUT2D eigenvalue weighted by Gasteiger charge is 2.30. The number of rotatable bonds is 8. The van der Waals surface area contributed by atoms with Crippen molar-refractivity contribution in [3.05, 3.63) is 88.5 Å². The normalized spacial score (nSPS) is 18.8. The van der Waals surface area contributed by atoms with Gasteiger partial charge in [0.05, 0.1) is 12.7 Å². The van der Waals surface area contributed by atoms with Crippen molar-refractivity contribution in [3.63, 3.8) is 0 Å². The van der Waals surface area contributed by atoms with E-state index >= 15 is 0 Å². The fourth-order valence-corrected chi connectivity index (χ4v) is 7.36. The zero-order valence-corrected chi connectivity index (χ0v) is 26.2. The number of carbonyl (C=O) groups is 1. The molecule has 1 amide bonds. The number of benzene rings is 3. The lowest BCUT2D eigenvalue weighted by molar-refractivity contribution is -0.137. The molecule has 0 bridgehead atoms. The van der Waals surface area contributed by atoms with E-state index in [1.54, 1.807) is 24.3 Å². The lowest BCUT2D eigenvalue weighted by Gasteiger charge is -2.36. The Hall–Kier alpha value is -3.36. The van der Waals surface area contributed by atoms with E-state index in [4.69, 9.17) is 4.74 Å². The van der Waals surface area contributed by atoms with E-state index in [1.807, 2.05) is 7.11 Å². The van der Waals surface area contributed by atoms with Crippen LogP contribution in [0, 0.1) is 0 Å². The lowest BCUT2D eigenvalue weighted by atomic mass is 9.83. The molecule has 0 aromatic heterocycles. The molecule has 0 atom stereocenters. The van der Waals surface area contributed by atoms with E-state index in [9.17, 15) is 18.0 Å². The van der Waals surface area contributed by atoms with Gasteiger partial charge < -0.3 is 19.9 Å². The van der Waals surface area contributed by atoms with Crippen LogP contribution in [0.5, 0.6) is 5.75 Å². The lowest BCUT2D eigenvalue weighted by Crippen LogP contribution is -2.47. The molecule has 45 heavy (non-hydrogen) atoms. The molecule has 0 unspecified atom stereocenters. The zero-order chi connectivity index (χ0) is 31.4. The highest BCUT2D eigenvalue weighted by atomic mass is 19.4. The molecule has 2 aliphatic heterocycles. The van der Waals surface area contributed by atoms with Crippen molar-refractivity contribution in [2.24, 2.45) is 0 Å². The van der Waals surface area contributed by atoms with E-state index in [0.29, 0.717) is 17.0 Å². The van der Waals surface area contributed by atoms with Crippen molar-refractivity contribution in [1.29, 1.82) is 0 Å². The Morgan fingerprint density at radius 3 is 1.98 bits per heavy atom. The van der Waals surface area contributed by atoms with Gasteiger partial charge >= 0.3 is 6.18 Å². The molecule has 2 fully saturated rings. The van der Waals surface area contributed by atoms with Gasteiger partial charge in [-0.15, -0.1) is 0 Å². The molecule has 3 aromatic carbocycles. The van der Waals surface area contributed by atoms with Gasteiger partial charge in [0.1, 0.15) is 5.75 Å². The fourth-order valence-electron chi connectivity index (χ4n) is 7.36. The number of halogens is 3. The third-order valence-electron chi connectivity index (χ3n) is 10.1. The van der Waals surface area contributed by atoms with Gasteiger partial charge in [-0.05, 0) is 122 Å². The number of amides is 1. The highest BCUT2D eigenvalue weighted by Crippen LogP contribution is 2.40. The Kier molecular flexibility index (Phi) is 9.81. The Bertz CT molecular complexity index is 1440. The summed E-state index contributed by atoms with van der Waals surface area (Å²) >= 11 is 0. The third kappa shape index (κ3) is 7.55. The Labute approximate surface area is 264 Å². The minimum Gasteiger partial charge on any atom is -0.496 e. The molecule has 8 heteroatoms. The fraction of sp³-hybridized carbons (Fsp3) is 0.486. The molecular weight excluding hydrogens is 575 g/mol. The predicted octanol–water partition coefficient (Wildman–Crippen LogP) is 7.33. The second-order valence-corrected chi connectivity index (χ2v) is 12.9. The molecule has 1 N–H and O–H groups in total. The largest absolute Gasteiger partial charge is 0.496 e. The smallest absolute Gasteiger partial charge is 0.416 e. The van der Waals surface area contributed by atoms with Crippen LogP contribution >= 0.6 is 0 Å². The van der Waals surface area contributed by atoms with Crippen LogP contribution in [0.2, 0.25) is 0 Å². The van der Waals surface area contributed by atoms with Gasteiger partial charge in [-0.3, -0.25) is 4.79 Å². The van der Waals surface area contributed by atoms with Gasteiger partial charge in [0.2, 0.25) is 0 Å². The standard InChI is InChI=1S/C37H44F3N3O2/c1-45-35-33-5-3-2-4-28(33)12-15-34(35)29-16-20-42(21-17-29)24-25-43-22-18-32(19-23-43)41-36(44)30-8-6-26(7-9-30)27-10-13-31(14-11-27)37(38,39)40/h6-15,29,32H,2-5,16-25H2,1H3,(H,41,44). The molecular formula is C37H44F3N3O2. The molecule has 0 radical (unpaired) electrons. The maximum atomic E-state index is 12.9. The molecule has 5 nitrogen and oxygen atoms in total. The summed E-state index contributed by atoms with van der Waals surface area (Å²) in [5.74, 6) is 1.63. The number of nitrogens with zero attached hydrogens (tertiary/aromatic N) is 2. The minimum absolute atomic E-state index is 0.106. The molecule has 3 aliphatic rings. The monoisotopic (exact) mass is 619 g/mol. The predicted molar refractivity (Wildman–Crippen MR) is 172 cm³/mol. The SMILES string of the molecule is COc1c(C2CCN(CCN3CCC(NC(=O)c4ccc(-c5ccc(C(F)(F)F)cc5)cc4)CC3)CC2)ccc2c1CCCC2. The second-order valence-electron chi connectivity index (χ2n) is 12.9. The van der Waals surface area contributed by atoms with E-state index in [-0.39, 0.29) is 11.9 Å².